The molecule has 57 heavy (non-hydrogen) atoms. The Labute approximate surface area is 347 Å². The van der Waals surface area contributed by atoms with Gasteiger partial charge in [0, 0.05) is 29.2 Å². The number of carbonyl (C=O) groups excluding carboxylic acids is 2. The fourth-order valence-corrected chi connectivity index (χ4v) is 8.07. The molecular weight excluding hydrogens is 766 g/mol. The third-order valence-electron chi connectivity index (χ3n) is 9.87. The molecular formula is C44H75NO10PS+. The molecule has 0 saturated carbocycles. The maximum absolute atomic E-state index is 12.7. The van der Waals surface area contributed by atoms with E-state index >= 15 is 0 Å². The maximum atomic E-state index is 12.7. The lowest BCUT2D eigenvalue weighted by molar-refractivity contribution is -0.870. The van der Waals surface area contributed by atoms with Gasteiger partial charge in [0.15, 0.2) is 6.10 Å². The molecule has 0 aliphatic heterocycles. The van der Waals surface area contributed by atoms with Crippen molar-refractivity contribution >= 4 is 42.5 Å². The lowest BCUT2D eigenvalue weighted by Crippen LogP contribution is -2.37. The van der Waals surface area contributed by atoms with Gasteiger partial charge >= 0.3 is 25.4 Å². The number of esters is 2. The number of phosphoric acid groups is 1. The van der Waals surface area contributed by atoms with E-state index in [9.17, 15) is 23.8 Å². The summed E-state index contributed by atoms with van der Waals surface area (Å²) in [4.78, 5) is 48.2. The molecule has 0 aliphatic carbocycles. The number of hydrogen-bond acceptors (Lipinski definition) is 10. The lowest BCUT2D eigenvalue weighted by atomic mass is 10.0. The standard InChI is InChI=1S/C44H74NO10PS/c1-6-7-8-9-10-11-12-13-14-15-17-20-23-26-42(46)51-35-38(36-53-56(49,50)52-31-30-45(3,4)5)54-43(47)27-24-21-18-16-19-22-25-32-57-39-28-29-40-37(2)33-44(48)55-41(40)34-39/h28-29,33-34,38H,6-27,30-32,35-36H2,1-5H3/p+1/t38-/m1/s1. The van der Waals surface area contributed by atoms with E-state index in [-0.39, 0.29) is 37.7 Å². The molecule has 0 spiro atoms. The molecule has 1 aromatic carbocycles. The summed E-state index contributed by atoms with van der Waals surface area (Å²) in [6.45, 7) is 3.99. The van der Waals surface area contributed by atoms with E-state index in [0.717, 1.165) is 79.4 Å². The molecule has 1 unspecified atom stereocenters. The number of unbranched alkanes of at least 4 members (excludes halogenated alkanes) is 18. The molecule has 0 saturated heterocycles. The number of aryl methyl sites for hydroxylation is 1. The summed E-state index contributed by atoms with van der Waals surface area (Å²) in [6.07, 6.45) is 22.2. The Bertz CT molecular complexity index is 1510. The summed E-state index contributed by atoms with van der Waals surface area (Å²) in [5.74, 6) is 0.138. The number of benzene rings is 1. The van der Waals surface area contributed by atoms with E-state index < -0.39 is 26.5 Å². The Morgan fingerprint density at radius 2 is 1.30 bits per heavy atom. The molecule has 11 nitrogen and oxygen atoms in total. The number of quaternary nitrogens is 1. The van der Waals surface area contributed by atoms with Crippen molar-refractivity contribution in [2.45, 2.75) is 166 Å². The van der Waals surface area contributed by atoms with Gasteiger partial charge in [0.05, 0.1) is 27.7 Å². The largest absolute Gasteiger partial charge is 0.472 e. The zero-order chi connectivity index (χ0) is 41.8. The van der Waals surface area contributed by atoms with E-state index in [1.165, 1.54) is 70.3 Å². The molecule has 2 rings (SSSR count). The molecule has 0 bridgehead atoms. The van der Waals surface area contributed by atoms with Crippen LogP contribution < -0.4 is 5.63 Å². The molecule has 2 atom stereocenters. The number of ether oxygens (including phenoxy) is 2. The summed E-state index contributed by atoms with van der Waals surface area (Å²) in [5.41, 5.74) is 1.22. The highest BCUT2D eigenvalue weighted by Crippen LogP contribution is 2.43. The molecule has 1 heterocycles. The Kier molecular flexibility index (Phi) is 26.7. The van der Waals surface area contributed by atoms with Crippen LogP contribution in [-0.2, 0) is 32.7 Å². The smallest absolute Gasteiger partial charge is 0.462 e. The van der Waals surface area contributed by atoms with E-state index in [0.29, 0.717) is 23.0 Å². The summed E-state index contributed by atoms with van der Waals surface area (Å²) in [6, 6.07) is 7.54. The maximum Gasteiger partial charge on any atom is 0.472 e. The van der Waals surface area contributed by atoms with Crippen LogP contribution in [0.3, 0.4) is 0 Å². The summed E-state index contributed by atoms with van der Waals surface area (Å²) in [5, 5.41) is 0.961. The highest BCUT2D eigenvalue weighted by Gasteiger charge is 2.27. The number of carbonyl (C=O) groups is 2. The third-order valence-corrected chi connectivity index (χ3v) is 11.9. The molecule has 326 valence electrons. The second kappa shape index (κ2) is 29.9. The van der Waals surface area contributed by atoms with Gasteiger partial charge in [-0.25, -0.2) is 9.36 Å². The fraction of sp³-hybridized carbons (Fsp3) is 0.750. The van der Waals surface area contributed by atoms with Crippen LogP contribution in [0.25, 0.3) is 11.0 Å². The van der Waals surface area contributed by atoms with E-state index in [4.69, 9.17) is 22.9 Å². The minimum Gasteiger partial charge on any atom is -0.462 e. The van der Waals surface area contributed by atoms with Crippen LogP contribution in [0.5, 0.6) is 0 Å². The van der Waals surface area contributed by atoms with Crippen LogP contribution in [0.2, 0.25) is 0 Å². The second-order valence-corrected chi connectivity index (χ2v) is 19.0. The lowest BCUT2D eigenvalue weighted by Gasteiger charge is -2.24. The number of phosphoric ester groups is 1. The van der Waals surface area contributed by atoms with Crippen LogP contribution in [0.15, 0.2) is 38.4 Å². The first kappa shape index (κ1) is 50.9. The first-order valence-electron chi connectivity index (χ1n) is 21.7. The van der Waals surface area contributed by atoms with Crippen LogP contribution in [0.1, 0.15) is 154 Å². The van der Waals surface area contributed by atoms with Crippen molar-refractivity contribution in [2.24, 2.45) is 0 Å². The summed E-state index contributed by atoms with van der Waals surface area (Å²) in [7, 11) is 1.42. The molecule has 1 aromatic heterocycles. The van der Waals surface area contributed by atoms with Gasteiger partial charge in [0.2, 0.25) is 0 Å². The second-order valence-electron chi connectivity index (χ2n) is 16.4. The SMILES string of the molecule is CCCCCCCCCCCCCCCC(=O)OC[C@H](COP(=O)(O)OCC[N+](C)(C)C)OC(=O)CCCCCCCCCSc1ccc2c(C)cc(=O)oc2c1. The number of nitrogens with zero attached hydrogens (tertiary/aromatic N) is 1. The predicted molar refractivity (Wildman–Crippen MR) is 231 cm³/mol. The monoisotopic (exact) mass is 840 g/mol. The predicted octanol–water partition coefficient (Wildman–Crippen LogP) is 11.1. The summed E-state index contributed by atoms with van der Waals surface area (Å²) < 4.78 is 39.7. The average Bonchev–Trinajstić information content (AvgIpc) is 3.14. The van der Waals surface area contributed by atoms with E-state index in [1.807, 2.05) is 40.2 Å². The number of thioether (sulfide) groups is 1. The Balaban J connectivity index is 1.63. The van der Waals surface area contributed by atoms with Crippen molar-refractivity contribution in [3.05, 3.63) is 40.2 Å². The van der Waals surface area contributed by atoms with Crippen molar-refractivity contribution in [1.82, 2.24) is 0 Å². The van der Waals surface area contributed by atoms with Gasteiger partial charge in [-0.15, -0.1) is 11.8 Å². The first-order chi connectivity index (χ1) is 27.3. The number of hydrogen-bond donors (Lipinski definition) is 1. The van der Waals surface area contributed by atoms with Gasteiger partial charge in [-0.2, -0.15) is 0 Å². The van der Waals surface area contributed by atoms with Gasteiger partial charge < -0.3 is 23.3 Å². The van der Waals surface area contributed by atoms with Gasteiger partial charge in [0.1, 0.15) is 25.3 Å². The number of fused-ring (bicyclic) bond motifs is 1. The van der Waals surface area contributed by atoms with Crippen molar-refractivity contribution in [1.29, 1.82) is 0 Å². The van der Waals surface area contributed by atoms with Crippen LogP contribution in [0, 0.1) is 6.92 Å². The molecule has 2 aromatic rings. The zero-order valence-electron chi connectivity index (χ0n) is 35.9. The quantitative estimate of drug-likeness (QED) is 0.0177. The van der Waals surface area contributed by atoms with Crippen molar-refractivity contribution in [2.75, 3.05) is 53.3 Å². The normalized spacial score (nSPS) is 13.4. The molecule has 13 heteroatoms. The van der Waals surface area contributed by atoms with Crippen LogP contribution >= 0.6 is 19.6 Å². The molecule has 0 amide bonds. The highest BCUT2D eigenvalue weighted by molar-refractivity contribution is 7.99. The van der Waals surface area contributed by atoms with Gasteiger partial charge in [-0.1, -0.05) is 116 Å². The van der Waals surface area contributed by atoms with E-state index in [2.05, 4.69) is 13.0 Å². The zero-order valence-corrected chi connectivity index (χ0v) is 37.6. The highest BCUT2D eigenvalue weighted by atomic mass is 32.2. The van der Waals surface area contributed by atoms with Crippen LogP contribution in [-0.4, -0.2) is 80.7 Å². The Hall–Kier alpha value is -2.21. The van der Waals surface area contributed by atoms with Gasteiger partial charge in [0.25, 0.3) is 0 Å². The molecule has 0 fully saturated rings. The topological polar surface area (TPSA) is 139 Å². The summed E-state index contributed by atoms with van der Waals surface area (Å²) >= 11 is 1.76. The van der Waals surface area contributed by atoms with Crippen molar-refractivity contribution < 1.29 is 46.5 Å². The Morgan fingerprint density at radius 1 is 0.754 bits per heavy atom. The minimum absolute atomic E-state index is 0.0156. The van der Waals surface area contributed by atoms with E-state index in [1.54, 1.807) is 11.8 Å². The number of rotatable bonds is 35. The van der Waals surface area contributed by atoms with Gasteiger partial charge in [-0.05, 0) is 55.7 Å². The average molecular weight is 841 g/mol. The molecule has 0 radical (unpaired) electrons. The molecule has 1 N–H and O–H groups in total. The third kappa shape index (κ3) is 26.5. The Morgan fingerprint density at radius 3 is 1.88 bits per heavy atom. The van der Waals surface area contributed by atoms with Crippen LogP contribution in [0.4, 0.5) is 0 Å². The minimum atomic E-state index is -4.40. The van der Waals surface area contributed by atoms with Gasteiger partial charge in [-0.3, -0.25) is 18.6 Å². The van der Waals surface area contributed by atoms with Crippen molar-refractivity contribution in [3.63, 3.8) is 0 Å². The fourth-order valence-electron chi connectivity index (χ4n) is 6.39. The van der Waals surface area contributed by atoms with Crippen molar-refractivity contribution in [3.8, 4) is 0 Å². The molecule has 0 aliphatic rings. The first-order valence-corrected chi connectivity index (χ1v) is 24.2. The number of likely N-dealkylation sites (N-methyl/N-ethyl adjacent to an activating group) is 1.